The van der Waals surface area contributed by atoms with Crippen LogP contribution in [0, 0.1) is 37.5 Å². The molecule has 3 amide bonds. The Labute approximate surface area is 265 Å². The van der Waals surface area contributed by atoms with E-state index in [0.717, 1.165) is 12.8 Å². The Hall–Kier alpha value is -0.961. The van der Waals surface area contributed by atoms with Crippen molar-refractivity contribution in [3.63, 3.8) is 0 Å². The van der Waals surface area contributed by atoms with Crippen LogP contribution < -0.4 is 10.6 Å². The van der Waals surface area contributed by atoms with Crippen molar-refractivity contribution < 1.29 is 61.1 Å². The second-order valence-electron chi connectivity index (χ2n) is 13.7. The molecule has 40 heavy (non-hydrogen) atoms. The minimum absolute atomic E-state index is 0. The molecule has 8 unspecified atom stereocenters. The Bertz CT molecular complexity index is 1020. The Morgan fingerprint density at radius 2 is 1.85 bits per heavy atom. The van der Waals surface area contributed by atoms with Gasteiger partial charge in [0.05, 0.1) is 17.6 Å². The van der Waals surface area contributed by atoms with Gasteiger partial charge in [0.25, 0.3) is 0 Å². The molecule has 0 spiro atoms. The van der Waals surface area contributed by atoms with Crippen molar-refractivity contribution in [2.45, 2.75) is 109 Å². The Morgan fingerprint density at radius 1 is 1.18 bits per heavy atom. The molecule has 0 aromatic carbocycles. The van der Waals surface area contributed by atoms with E-state index < -0.39 is 36.8 Å². The number of alkyl carbamates (subject to hydrolysis) is 1. The van der Waals surface area contributed by atoms with E-state index >= 15 is 0 Å². The quantitative estimate of drug-likeness (QED) is 0.275. The van der Waals surface area contributed by atoms with Gasteiger partial charge in [-0.3, -0.25) is 9.59 Å². The first-order valence-electron chi connectivity index (χ1n) is 14.1. The standard InChI is InChI=1S/C28H43BN3O6.CH3.Y/c1-16-12-19-23(33)31-22(29-37-21-14-17-13-20(27(17,5)6)28(21,7)38-29)11-9-8-10-18(24(34)32(19)15-16)30-25(35)36-26(2,3)4;;/h8-9,16-22H,1,10-15H2,2-7H3,(H,30,35)(H,31,33);1H3;/q2*-1;/b9-8+;;. The summed E-state index contributed by atoms with van der Waals surface area (Å²) in [5.74, 6) is 0.0433. The van der Waals surface area contributed by atoms with Crippen LogP contribution in [-0.4, -0.2) is 71.8 Å². The number of hydrogen-bond donors (Lipinski definition) is 2. The largest absolute Gasteiger partial charge is 0.482 e. The molecule has 2 saturated heterocycles. The monoisotopic (exact) mass is 632 g/mol. The number of amides is 3. The number of ether oxygens (including phenoxy) is 1. The number of carbonyl (C=O) groups is 3. The molecule has 2 N–H and O–H groups in total. The summed E-state index contributed by atoms with van der Waals surface area (Å²) >= 11 is 0. The maximum absolute atomic E-state index is 13.6. The van der Waals surface area contributed by atoms with E-state index in [0.29, 0.717) is 31.2 Å². The first-order chi connectivity index (χ1) is 17.7. The number of nitrogens with zero attached hydrogens (tertiary/aromatic N) is 1. The van der Waals surface area contributed by atoms with Crippen LogP contribution in [0.4, 0.5) is 4.79 Å². The molecule has 8 atom stereocenters. The van der Waals surface area contributed by atoms with Gasteiger partial charge < -0.3 is 43.9 Å². The summed E-state index contributed by atoms with van der Waals surface area (Å²) in [6.45, 7) is 16.6. The molecule has 0 aromatic rings. The summed E-state index contributed by atoms with van der Waals surface area (Å²) in [7, 11) is -0.564. The van der Waals surface area contributed by atoms with Crippen molar-refractivity contribution in [1.82, 2.24) is 15.5 Å². The molecule has 2 bridgehead atoms. The second-order valence-corrected chi connectivity index (χ2v) is 13.7. The average molecular weight is 632 g/mol. The van der Waals surface area contributed by atoms with Gasteiger partial charge in [-0.2, -0.15) is 0 Å². The Kier molecular flexibility index (Phi) is 10.0. The van der Waals surface area contributed by atoms with E-state index in [1.165, 1.54) is 0 Å². The smallest absolute Gasteiger partial charge is 0.444 e. The maximum atomic E-state index is 13.6. The fourth-order valence-electron chi connectivity index (χ4n) is 7.35. The van der Waals surface area contributed by atoms with Crippen LogP contribution in [0.25, 0.3) is 0 Å². The molecular formula is C29H46BN3O6Y-2. The number of fused-ring (bicyclic) bond motifs is 1. The summed E-state index contributed by atoms with van der Waals surface area (Å²) < 4.78 is 18.5. The van der Waals surface area contributed by atoms with Crippen LogP contribution in [0.3, 0.4) is 0 Å². The van der Waals surface area contributed by atoms with E-state index in [9.17, 15) is 14.4 Å². The van der Waals surface area contributed by atoms with Crippen LogP contribution >= 0.6 is 0 Å². The fraction of sp³-hybridized carbons (Fsp3) is 0.759. The normalized spacial score (nSPS) is 39.2. The number of nitrogens with one attached hydrogen (secondary N) is 2. The molecule has 1 radical (unpaired) electrons. The Morgan fingerprint density at radius 3 is 2.50 bits per heavy atom. The molecule has 5 fully saturated rings. The van der Waals surface area contributed by atoms with Gasteiger partial charge in [-0.1, -0.05) is 26.0 Å². The third kappa shape index (κ3) is 6.21. The summed E-state index contributed by atoms with van der Waals surface area (Å²) in [4.78, 5) is 41.2. The molecular weight excluding hydrogens is 586 g/mol. The van der Waals surface area contributed by atoms with Gasteiger partial charge >= 0.3 is 13.2 Å². The average Bonchev–Trinajstić information content (AvgIpc) is 3.36. The molecule has 6 aliphatic rings. The zero-order chi connectivity index (χ0) is 27.6. The van der Waals surface area contributed by atoms with Gasteiger partial charge in [-0.15, -0.1) is 5.92 Å². The number of rotatable bonds is 2. The van der Waals surface area contributed by atoms with Crippen LogP contribution in [-0.2, 0) is 56.3 Å². The molecule has 6 rings (SSSR count). The molecule has 3 saturated carbocycles. The molecule has 221 valence electrons. The minimum atomic E-state index is -0.840. The minimum Gasteiger partial charge on any atom is -0.444 e. The Balaban J connectivity index is 0.00000220. The van der Waals surface area contributed by atoms with E-state index in [-0.39, 0.29) is 81.4 Å². The summed E-state index contributed by atoms with van der Waals surface area (Å²) in [6, 6.07) is -1.51. The van der Waals surface area contributed by atoms with E-state index in [1.807, 2.05) is 12.2 Å². The molecule has 3 aliphatic carbocycles. The maximum Gasteiger partial charge on any atom is 0.482 e. The molecule has 9 nitrogen and oxygen atoms in total. The second kappa shape index (κ2) is 12.0. The predicted octanol–water partition coefficient (Wildman–Crippen LogP) is 3.48. The van der Waals surface area contributed by atoms with Crippen LogP contribution in [0.2, 0.25) is 0 Å². The third-order valence-electron chi connectivity index (χ3n) is 9.52. The number of hydrogen-bond acceptors (Lipinski definition) is 6. The molecule has 3 aliphatic heterocycles. The zero-order valence-electron chi connectivity index (χ0n) is 25.2. The number of carbonyl (C=O) groups excluding carboxylic acids is 3. The first-order valence-corrected chi connectivity index (χ1v) is 14.1. The molecule has 0 aromatic heterocycles. The molecule has 3 heterocycles. The van der Waals surface area contributed by atoms with Gasteiger partial charge in [0.15, 0.2) is 0 Å². The van der Waals surface area contributed by atoms with Gasteiger partial charge in [0.2, 0.25) is 11.8 Å². The third-order valence-corrected chi connectivity index (χ3v) is 9.52. The van der Waals surface area contributed by atoms with E-state index in [4.69, 9.17) is 14.0 Å². The molecule has 11 heteroatoms. The summed E-state index contributed by atoms with van der Waals surface area (Å²) in [5, 5.41) is 5.88. The van der Waals surface area contributed by atoms with Gasteiger partial charge in [0.1, 0.15) is 17.7 Å². The van der Waals surface area contributed by atoms with Crippen molar-refractivity contribution in [2.75, 3.05) is 6.54 Å². The van der Waals surface area contributed by atoms with Crippen molar-refractivity contribution in [2.24, 2.45) is 23.2 Å². The van der Waals surface area contributed by atoms with E-state index in [1.54, 1.807) is 25.7 Å². The van der Waals surface area contributed by atoms with Crippen molar-refractivity contribution in [3.8, 4) is 0 Å². The van der Waals surface area contributed by atoms with E-state index in [2.05, 4.69) is 38.3 Å². The van der Waals surface area contributed by atoms with Crippen molar-refractivity contribution in [1.29, 1.82) is 0 Å². The zero-order valence-corrected chi connectivity index (χ0v) is 28.0. The SMILES string of the molecule is [CH2-]C1CC2C(=O)NC(B3OC4CC5CC(C5(C)C)C4(C)O3)C/C=C/CC(NC(=O)OC(C)(C)C)C(=O)N2C1.[CH3-].[Y]. The fourth-order valence-corrected chi connectivity index (χ4v) is 7.35. The van der Waals surface area contributed by atoms with Gasteiger partial charge in [-0.05, 0) is 83.6 Å². The topological polar surface area (TPSA) is 106 Å². The van der Waals surface area contributed by atoms with Crippen molar-refractivity contribution >= 4 is 25.0 Å². The predicted molar refractivity (Wildman–Crippen MR) is 149 cm³/mol. The first kappa shape index (κ1) is 33.5. The van der Waals surface area contributed by atoms with Gasteiger partial charge in [-0.25, -0.2) is 4.79 Å². The summed E-state index contributed by atoms with van der Waals surface area (Å²) in [6.07, 6.45) is 6.53. The van der Waals surface area contributed by atoms with Crippen LogP contribution in [0.1, 0.15) is 73.6 Å². The van der Waals surface area contributed by atoms with Gasteiger partial charge in [0, 0.05) is 32.7 Å². The van der Waals surface area contributed by atoms with Crippen LogP contribution in [0.15, 0.2) is 12.2 Å². The van der Waals surface area contributed by atoms with Crippen LogP contribution in [0.5, 0.6) is 0 Å². The summed E-state index contributed by atoms with van der Waals surface area (Å²) in [5.41, 5.74) is -0.840. The van der Waals surface area contributed by atoms with Crippen molar-refractivity contribution in [3.05, 3.63) is 26.5 Å².